The van der Waals surface area contributed by atoms with Crippen LogP contribution in [0.25, 0.3) is 11.0 Å². The molecule has 34 heavy (non-hydrogen) atoms. The number of ether oxygens (including phenoxy) is 1. The summed E-state index contributed by atoms with van der Waals surface area (Å²) in [5, 5.41) is 0. The number of carbonyl (C=O) groups is 1. The normalized spacial score (nSPS) is 16.2. The maximum absolute atomic E-state index is 13.4. The molecule has 0 bridgehead atoms. The number of oxazole rings is 1. The van der Waals surface area contributed by atoms with Gasteiger partial charge in [-0.2, -0.15) is 0 Å². The third-order valence-electron chi connectivity index (χ3n) is 6.54. The maximum Gasteiger partial charge on any atom is 0.329 e. The highest BCUT2D eigenvalue weighted by Gasteiger charge is 2.32. The molecule has 3 heterocycles. The summed E-state index contributed by atoms with van der Waals surface area (Å²) >= 11 is 0. The summed E-state index contributed by atoms with van der Waals surface area (Å²) in [5.74, 6) is 1.99. The van der Waals surface area contributed by atoms with Crippen LogP contribution in [0.1, 0.15) is 42.5 Å². The third kappa shape index (κ3) is 4.11. The Bertz CT molecular complexity index is 1380. The van der Waals surface area contributed by atoms with Crippen LogP contribution in [-0.4, -0.2) is 38.6 Å². The van der Waals surface area contributed by atoms with Crippen LogP contribution in [0.2, 0.25) is 0 Å². The molecule has 1 fully saturated rings. The van der Waals surface area contributed by atoms with Crippen LogP contribution < -0.4 is 10.4 Å². The fraction of sp³-hybridized carbons (Fsp3) is 0.346. The molecule has 0 aliphatic carbocycles. The fourth-order valence-corrected chi connectivity index (χ4v) is 4.77. The van der Waals surface area contributed by atoms with E-state index in [0.717, 1.165) is 47.4 Å². The molecule has 176 valence electrons. The molecule has 1 unspecified atom stereocenters. The second-order valence-electron chi connectivity index (χ2n) is 8.71. The molecule has 1 atom stereocenters. The van der Waals surface area contributed by atoms with Crippen molar-refractivity contribution in [1.82, 2.24) is 19.0 Å². The molecule has 1 amide bonds. The molecule has 8 heteroatoms. The van der Waals surface area contributed by atoms with Crippen LogP contribution in [0.3, 0.4) is 0 Å². The van der Waals surface area contributed by atoms with Gasteiger partial charge in [0.15, 0.2) is 0 Å². The number of aryl methyl sites for hydroxylation is 1. The number of methoxy groups -OCH3 is 1. The lowest BCUT2D eigenvalue weighted by atomic mass is 10.0. The number of amides is 1. The number of hydrogen-bond donors (Lipinski definition) is 0. The summed E-state index contributed by atoms with van der Waals surface area (Å²) in [4.78, 5) is 32.5. The van der Waals surface area contributed by atoms with Gasteiger partial charge in [0.25, 0.3) is 0 Å². The Morgan fingerprint density at radius 1 is 1.15 bits per heavy atom. The van der Waals surface area contributed by atoms with E-state index in [1.54, 1.807) is 29.5 Å². The van der Waals surface area contributed by atoms with Crippen molar-refractivity contribution in [3.05, 3.63) is 82.4 Å². The largest absolute Gasteiger partial charge is 0.497 e. The molecule has 0 radical (unpaired) electrons. The van der Waals surface area contributed by atoms with Gasteiger partial charge in [-0.1, -0.05) is 24.3 Å². The number of rotatable bonds is 6. The number of aromatic nitrogens is 3. The quantitative estimate of drug-likeness (QED) is 0.438. The third-order valence-corrected chi connectivity index (χ3v) is 6.54. The molecule has 0 spiro atoms. The first-order valence-corrected chi connectivity index (χ1v) is 11.6. The van der Waals surface area contributed by atoms with Crippen molar-refractivity contribution in [1.29, 1.82) is 0 Å². The first kappa shape index (κ1) is 22.0. The number of fused-ring (bicyclic) bond motifs is 1. The van der Waals surface area contributed by atoms with Gasteiger partial charge in [-0.05, 0) is 49.1 Å². The predicted molar refractivity (Wildman–Crippen MR) is 128 cm³/mol. The zero-order valence-corrected chi connectivity index (χ0v) is 19.4. The molecule has 1 saturated heterocycles. The topological polar surface area (TPSA) is 82.5 Å². The summed E-state index contributed by atoms with van der Waals surface area (Å²) in [6.45, 7) is 0.616. The van der Waals surface area contributed by atoms with Crippen molar-refractivity contribution in [2.75, 3.05) is 13.7 Å². The van der Waals surface area contributed by atoms with Crippen molar-refractivity contribution in [2.24, 2.45) is 7.05 Å². The molecule has 1 aliphatic heterocycles. The lowest BCUT2D eigenvalue weighted by Crippen LogP contribution is -2.41. The highest BCUT2D eigenvalue weighted by Crippen LogP contribution is 2.31. The van der Waals surface area contributed by atoms with Gasteiger partial charge in [0.1, 0.15) is 24.1 Å². The van der Waals surface area contributed by atoms with Gasteiger partial charge in [0.2, 0.25) is 11.8 Å². The number of carbonyl (C=O) groups excluding carboxylic acids is 1. The van der Waals surface area contributed by atoms with Crippen LogP contribution >= 0.6 is 0 Å². The molecule has 4 aromatic rings. The van der Waals surface area contributed by atoms with E-state index in [0.29, 0.717) is 18.9 Å². The maximum atomic E-state index is 13.4. The number of likely N-dealkylation sites (tertiary alicyclic amines) is 1. The fourth-order valence-electron chi connectivity index (χ4n) is 4.77. The van der Waals surface area contributed by atoms with Gasteiger partial charge in [-0.15, -0.1) is 0 Å². The van der Waals surface area contributed by atoms with E-state index in [4.69, 9.17) is 9.15 Å². The number of para-hydroxylation sites is 2. The lowest BCUT2D eigenvalue weighted by molar-refractivity contribution is -0.136. The SMILES string of the molecule is COc1cccc(Cc2cnc(C3CCCCN3C(=O)Cn3c(=O)n(C)c4ccccc43)o2)c1. The summed E-state index contributed by atoms with van der Waals surface area (Å²) in [6.07, 6.45) is 5.03. The van der Waals surface area contributed by atoms with Gasteiger partial charge < -0.3 is 14.1 Å². The van der Waals surface area contributed by atoms with Crippen LogP contribution in [-0.2, 0) is 24.8 Å². The number of imidazole rings is 1. The summed E-state index contributed by atoms with van der Waals surface area (Å²) in [7, 11) is 3.37. The van der Waals surface area contributed by atoms with Crippen LogP contribution in [0, 0.1) is 0 Å². The van der Waals surface area contributed by atoms with Crippen molar-refractivity contribution < 1.29 is 13.9 Å². The molecule has 0 N–H and O–H groups in total. The van der Waals surface area contributed by atoms with Gasteiger partial charge in [0, 0.05) is 20.0 Å². The molecule has 0 saturated carbocycles. The molecule has 2 aromatic carbocycles. The average molecular weight is 461 g/mol. The van der Waals surface area contributed by atoms with E-state index in [1.807, 2.05) is 53.4 Å². The number of benzene rings is 2. The van der Waals surface area contributed by atoms with Crippen molar-refractivity contribution in [3.63, 3.8) is 0 Å². The Hall–Kier alpha value is -3.81. The van der Waals surface area contributed by atoms with Gasteiger partial charge in [-0.25, -0.2) is 9.78 Å². The van der Waals surface area contributed by atoms with Crippen LogP contribution in [0.15, 0.2) is 63.9 Å². The smallest absolute Gasteiger partial charge is 0.329 e. The predicted octanol–water partition coefficient (Wildman–Crippen LogP) is 3.68. The standard InChI is InChI=1S/C26H28N4O4/c1-28-21-10-3-4-11-22(21)30(26(28)32)17-24(31)29-13-6-5-12-23(29)25-27-16-20(34-25)15-18-8-7-9-19(14-18)33-2/h3-4,7-11,14,16,23H,5-6,12-13,15,17H2,1-2H3. The highest BCUT2D eigenvalue weighted by molar-refractivity contribution is 5.81. The Labute approximate surface area is 197 Å². The van der Waals surface area contributed by atoms with E-state index >= 15 is 0 Å². The lowest BCUT2D eigenvalue weighted by Gasteiger charge is -2.33. The molecule has 8 nitrogen and oxygen atoms in total. The van der Waals surface area contributed by atoms with E-state index < -0.39 is 0 Å². The zero-order valence-electron chi connectivity index (χ0n) is 19.4. The van der Waals surface area contributed by atoms with Gasteiger partial charge >= 0.3 is 5.69 Å². The van der Waals surface area contributed by atoms with E-state index in [-0.39, 0.29) is 24.2 Å². The van der Waals surface area contributed by atoms with E-state index in [2.05, 4.69) is 4.98 Å². The summed E-state index contributed by atoms with van der Waals surface area (Å²) in [5.41, 5.74) is 2.44. The van der Waals surface area contributed by atoms with E-state index in [1.165, 1.54) is 0 Å². The highest BCUT2D eigenvalue weighted by atomic mass is 16.5. The number of piperidine rings is 1. The molecule has 1 aliphatic rings. The van der Waals surface area contributed by atoms with Crippen LogP contribution in [0.4, 0.5) is 0 Å². The second-order valence-corrected chi connectivity index (χ2v) is 8.71. The summed E-state index contributed by atoms with van der Waals surface area (Å²) < 4.78 is 14.5. The minimum atomic E-state index is -0.231. The Balaban J connectivity index is 1.36. The van der Waals surface area contributed by atoms with Crippen molar-refractivity contribution in [3.8, 4) is 5.75 Å². The zero-order chi connectivity index (χ0) is 23.7. The molecular weight excluding hydrogens is 432 g/mol. The monoisotopic (exact) mass is 460 g/mol. The summed E-state index contributed by atoms with van der Waals surface area (Å²) in [6, 6.07) is 15.1. The van der Waals surface area contributed by atoms with E-state index in [9.17, 15) is 9.59 Å². The number of hydrogen-bond acceptors (Lipinski definition) is 5. The molecule has 5 rings (SSSR count). The average Bonchev–Trinajstić information content (AvgIpc) is 3.43. The van der Waals surface area contributed by atoms with Crippen molar-refractivity contribution in [2.45, 2.75) is 38.3 Å². The first-order valence-electron chi connectivity index (χ1n) is 11.6. The second kappa shape index (κ2) is 9.21. The Morgan fingerprint density at radius 2 is 1.97 bits per heavy atom. The first-order chi connectivity index (χ1) is 16.5. The van der Waals surface area contributed by atoms with Crippen LogP contribution in [0.5, 0.6) is 5.75 Å². The van der Waals surface area contributed by atoms with Gasteiger partial charge in [-0.3, -0.25) is 13.9 Å². The van der Waals surface area contributed by atoms with Gasteiger partial charge in [0.05, 0.1) is 24.3 Å². The molecular formula is C26H28N4O4. The Kier molecular flexibility index (Phi) is 5.96. The minimum Gasteiger partial charge on any atom is -0.497 e. The number of nitrogens with zero attached hydrogens (tertiary/aromatic N) is 4. The minimum absolute atomic E-state index is 0.00589. The molecule has 2 aromatic heterocycles. The Morgan fingerprint density at radius 3 is 2.79 bits per heavy atom. The van der Waals surface area contributed by atoms with Crippen molar-refractivity contribution >= 4 is 16.9 Å².